The van der Waals surface area contributed by atoms with E-state index in [2.05, 4.69) is 0 Å². The van der Waals surface area contributed by atoms with E-state index >= 15 is 0 Å². The maximum absolute atomic E-state index is 12.8. The third-order valence-electron chi connectivity index (χ3n) is 4.63. The second-order valence-corrected chi connectivity index (χ2v) is 6.86. The van der Waals surface area contributed by atoms with Gasteiger partial charge in [-0.05, 0) is 38.0 Å². The molecule has 7 nitrogen and oxygen atoms in total. The molecule has 0 aromatic heterocycles. The predicted octanol–water partition coefficient (Wildman–Crippen LogP) is 3.00. The van der Waals surface area contributed by atoms with Crippen LogP contribution in [0.25, 0.3) is 0 Å². The average Bonchev–Trinajstić information content (AvgIpc) is 2.64. The number of aliphatic hydroxyl groups is 1. The van der Waals surface area contributed by atoms with Crippen molar-refractivity contribution in [1.29, 1.82) is 0 Å². The predicted molar refractivity (Wildman–Crippen MR) is 101 cm³/mol. The molecule has 0 radical (unpaired) electrons. The number of methoxy groups -OCH3 is 1. The van der Waals surface area contributed by atoms with Gasteiger partial charge in [0, 0.05) is 11.6 Å². The Morgan fingerprint density at radius 3 is 2.50 bits per heavy atom. The van der Waals surface area contributed by atoms with E-state index in [9.17, 15) is 25.2 Å². The highest BCUT2D eigenvalue weighted by molar-refractivity contribution is 6.06. The summed E-state index contributed by atoms with van der Waals surface area (Å²) in [6, 6.07) is 5.40. The number of carbonyl (C=O) groups is 1. The lowest BCUT2D eigenvalue weighted by Crippen LogP contribution is -2.36. The van der Waals surface area contributed by atoms with Crippen molar-refractivity contribution in [2.45, 2.75) is 32.5 Å². The van der Waals surface area contributed by atoms with Crippen LogP contribution in [-0.4, -0.2) is 39.4 Å². The Balaban J connectivity index is 2.13. The third kappa shape index (κ3) is 3.36. The van der Waals surface area contributed by atoms with Crippen LogP contribution >= 0.6 is 0 Å². The monoisotopic (exact) mass is 386 g/mol. The SMILES string of the molecule is COc1cc(C2Oc3c(CC=C(C)C)c(O)cc(O)c3C(=O)C2O)ccc1O. The number of aliphatic hydroxyl groups excluding tert-OH is 1. The number of rotatable bonds is 4. The molecule has 0 saturated carbocycles. The van der Waals surface area contributed by atoms with E-state index in [0.717, 1.165) is 11.6 Å². The summed E-state index contributed by atoms with van der Waals surface area (Å²) in [5.41, 5.74) is 1.58. The molecular weight excluding hydrogens is 364 g/mol. The van der Waals surface area contributed by atoms with Gasteiger partial charge in [0.1, 0.15) is 22.8 Å². The van der Waals surface area contributed by atoms with Gasteiger partial charge in [-0.15, -0.1) is 0 Å². The molecule has 0 amide bonds. The standard InChI is InChI=1S/C21H22O7/c1-10(2)4-6-12-14(23)9-15(24)17-18(25)19(26)20(28-21(12)17)11-5-7-13(22)16(8-11)27-3/h4-5,7-9,19-20,22-24,26H,6H2,1-3H3. The Morgan fingerprint density at radius 1 is 1.14 bits per heavy atom. The summed E-state index contributed by atoms with van der Waals surface area (Å²) >= 11 is 0. The number of phenolic OH excluding ortho intramolecular Hbond substituents is 3. The van der Waals surface area contributed by atoms with Crippen LogP contribution in [0, 0.1) is 0 Å². The molecule has 3 rings (SSSR count). The van der Waals surface area contributed by atoms with Crippen molar-refractivity contribution in [2.75, 3.05) is 7.11 Å². The van der Waals surface area contributed by atoms with Gasteiger partial charge in [-0.25, -0.2) is 0 Å². The Hall–Kier alpha value is -3.19. The maximum atomic E-state index is 12.8. The van der Waals surface area contributed by atoms with Crippen LogP contribution in [0.1, 0.15) is 41.4 Å². The van der Waals surface area contributed by atoms with Gasteiger partial charge >= 0.3 is 0 Å². The van der Waals surface area contributed by atoms with Crippen LogP contribution in [0.15, 0.2) is 35.9 Å². The second kappa shape index (κ2) is 7.44. The van der Waals surface area contributed by atoms with E-state index in [1.54, 1.807) is 0 Å². The molecule has 1 aliphatic heterocycles. The molecule has 0 spiro atoms. The average molecular weight is 386 g/mol. The number of allylic oxidation sites excluding steroid dienone is 2. The maximum Gasteiger partial charge on any atom is 0.202 e. The molecular formula is C21H22O7. The fourth-order valence-electron chi connectivity index (χ4n) is 3.14. The molecule has 1 aliphatic rings. The van der Waals surface area contributed by atoms with E-state index in [1.807, 2.05) is 19.9 Å². The first kappa shape index (κ1) is 19.6. The van der Waals surface area contributed by atoms with Crippen LogP contribution in [0.2, 0.25) is 0 Å². The van der Waals surface area contributed by atoms with Crippen molar-refractivity contribution in [2.24, 2.45) is 0 Å². The summed E-state index contributed by atoms with van der Waals surface area (Å²) in [6.07, 6.45) is -0.537. The van der Waals surface area contributed by atoms with Gasteiger partial charge in [-0.2, -0.15) is 0 Å². The minimum absolute atomic E-state index is 0.0299. The molecule has 7 heteroatoms. The summed E-state index contributed by atoms with van der Waals surface area (Å²) in [7, 11) is 1.38. The number of hydrogen-bond acceptors (Lipinski definition) is 7. The van der Waals surface area contributed by atoms with Crippen molar-refractivity contribution in [3.05, 3.63) is 52.6 Å². The quantitative estimate of drug-likeness (QED) is 0.597. The van der Waals surface area contributed by atoms with E-state index in [-0.39, 0.29) is 35.0 Å². The topological polar surface area (TPSA) is 116 Å². The Morgan fingerprint density at radius 2 is 1.86 bits per heavy atom. The van der Waals surface area contributed by atoms with E-state index in [1.165, 1.54) is 25.3 Å². The number of aromatic hydroxyl groups is 3. The lowest BCUT2D eigenvalue weighted by Gasteiger charge is -2.32. The minimum Gasteiger partial charge on any atom is -0.507 e. The number of phenols is 3. The number of ether oxygens (including phenoxy) is 2. The molecule has 2 unspecified atom stereocenters. The molecule has 28 heavy (non-hydrogen) atoms. The number of Topliss-reactive ketones (excluding diaryl/α,β-unsaturated/α-hetero) is 1. The van der Waals surface area contributed by atoms with Gasteiger partial charge < -0.3 is 29.9 Å². The molecule has 0 aliphatic carbocycles. The molecule has 0 saturated heterocycles. The number of fused-ring (bicyclic) bond motifs is 1. The largest absolute Gasteiger partial charge is 0.507 e. The molecule has 2 atom stereocenters. The molecule has 0 bridgehead atoms. The summed E-state index contributed by atoms with van der Waals surface area (Å²) in [5, 5.41) is 40.7. The van der Waals surface area contributed by atoms with Gasteiger partial charge in [0.2, 0.25) is 5.78 Å². The van der Waals surface area contributed by atoms with Gasteiger partial charge in [0.05, 0.1) is 7.11 Å². The van der Waals surface area contributed by atoms with Crippen LogP contribution in [-0.2, 0) is 6.42 Å². The zero-order valence-corrected chi connectivity index (χ0v) is 15.8. The zero-order chi connectivity index (χ0) is 20.6. The molecule has 2 aromatic rings. The van der Waals surface area contributed by atoms with Crippen LogP contribution in [0.4, 0.5) is 0 Å². The number of carbonyl (C=O) groups excluding carboxylic acids is 1. The molecule has 1 heterocycles. The van der Waals surface area contributed by atoms with Gasteiger partial charge in [-0.1, -0.05) is 17.7 Å². The van der Waals surface area contributed by atoms with Crippen molar-refractivity contribution >= 4 is 5.78 Å². The summed E-state index contributed by atoms with van der Waals surface area (Å²) in [6.45, 7) is 3.79. The lowest BCUT2D eigenvalue weighted by molar-refractivity contribution is 0.0205. The van der Waals surface area contributed by atoms with E-state index in [0.29, 0.717) is 11.1 Å². The third-order valence-corrected chi connectivity index (χ3v) is 4.63. The first-order chi connectivity index (χ1) is 13.2. The summed E-state index contributed by atoms with van der Waals surface area (Å²) < 4.78 is 11.0. The van der Waals surface area contributed by atoms with Gasteiger partial charge in [-0.3, -0.25) is 4.79 Å². The highest BCUT2D eigenvalue weighted by Crippen LogP contribution is 2.46. The van der Waals surface area contributed by atoms with Crippen LogP contribution in [0.3, 0.4) is 0 Å². The van der Waals surface area contributed by atoms with Crippen molar-refractivity contribution < 1.29 is 34.7 Å². The Kier molecular flexibility index (Phi) is 5.20. The summed E-state index contributed by atoms with van der Waals surface area (Å²) in [5.74, 6) is -1.28. The van der Waals surface area contributed by atoms with Crippen molar-refractivity contribution in [3.63, 3.8) is 0 Å². The lowest BCUT2D eigenvalue weighted by atomic mass is 9.90. The highest BCUT2D eigenvalue weighted by Gasteiger charge is 2.40. The minimum atomic E-state index is -1.58. The smallest absolute Gasteiger partial charge is 0.202 e. The van der Waals surface area contributed by atoms with E-state index in [4.69, 9.17) is 9.47 Å². The first-order valence-electron chi connectivity index (χ1n) is 8.71. The normalized spacial score (nSPS) is 18.2. The fraction of sp³-hybridized carbons (Fsp3) is 0.286. The van der Waals surface area contributed by atoms with Crippen LogP contribution in [0.5, 0.6) is 28.7 Å². The van der Waals surface area contributed by atoms with Crippen molar-refractivity contribution in [1.82, 2.24) is 0 Å². The van der Waals surface area contributed by atoms with Gasteiger partial charge in [0.25, 0.3) is 0 Å². The second-order valence-electron chi connectivity index (χ2n) is 6.86. The Bertz CT molecular complexity index is 958. The Labute approximate surface area is 162 Å². The number of hydrogen-bond donors (Lipinski definition) is 4. The first-order valence-corrected chi connectivity index (χ1v) is 8.71. The van der Waals surface area contributed by atoms with E-state index < -0.39 is 23.7 Å². The summed E-state index contributed by atoms with van der Waals surface area (Å²) in [4.78, 5) is 12.8. The van der Waals surface area contributed by atoms with Crippen molar-refractivity contribution in [3.8, 4) is 28.7 Å². The zero-order valence-electron chi connectivity index (χ0n) is 15.8. The molecule has 4 N–H and O–H groups in total. The molecule has 2 aromatic carbocycles. The molecule has 148 valence electrons. The fourth-order valence-corrected chi connectivity index (χ4v) is 3.14. The number of benzene rings is 2. The molecule has 0 fully saturated rings. The number of ketones is 1. The van der Waals surface area contributed by atoms with Crippen LogP contribution < -0.4 is 9.47 Å². The van der Waals surface area contributed by atoms with Gasteiger partial charge in [0.15, 0.2) is 23.7 Å². The highest BCUT2D eigenvalue weighted by atomic mass is 16.5.